The highest BCUT2D eigenvalue weighted by Gasteiger charge is 2.33. The largest absolute Gasteiger partial charge is 0.490 e. The minimum absolute atomic E-state index is 0.0143. The maximum absolute atomic E-state index is 12.6. The molecule has 6 heteroatoms. The van der Waals surface area contributed by atoms with E-state index in [9.17, 15) is 4.79 Å². The van der Waals surface area contributed by atoms with Crippen LogP contribution in [0.15, 0.2) is 42.7 Å². The van der Waals surface area contributed by atoms with Gasteiger partial charge in [0.15, 0.2) is 11.5 Å². The fraction of sp³-hybridized carbons (Fsp3) is 0.368. The second-order valence-corrected chi connectivity index (χ2v) is 5.66. The molecule has 6 nitrogen and oxygen atoms in total. The molecule has 1 aliphatic heterocycles. The molecule has 1 aliphatic rings. The SMILES string of the molecule is CCOc1ccc(C(=O)N2CC(Oc3ccncc3)C2)cc1OCC. The van der Waals surface area contributed by atoms with Gasteiger partial charge in [-0.25, -0.2) is 0 Å². The molecule has 1 amide bonds. The Morgan fingerprint density at radius 2 is 1.76 bits per heavy atom. The van der Waals surface area contributed by atoms with Crippen LogP contribution < -0.4 is 14.2 Å². The van der Waals surface area contributed by atoms with Gasteiger partial charge < -0.3 is 19.1 Å². The Morgan fingerprint density at radius 1 is 1.08 bits per heavy atom. The molecule has 2 aromatic rings. The Labute approximate surface area is 147 Å². The topological polar surface area (TPSA) is 60.9 Å². The van der Waals surface area contributed by atoms with Crippen LogP contribution in [0.25, 0.3) is 0 Å². The Kier molecular flexibility index (Phi) is 5.38. The van der Waals surface area contributed by atoms with E-state index in [0.717, 1.165) is 5.75 Å². The normalized spacial score (nSPS) is 13.9. The molecule has 1 fully saturated rings. The molecule has 1 saturated heterocycles. The van der Waals surface area contributed by atoms with Crippen molar-refractivity contribution in [3.63, 3.8) is 0 Å². The summed E-state index contributed by atoms with van der Waals surface area (Å²) in [5.41, 5.74) is 0.592. The molecule has 0 aliphatic carbocycles. The molecule has 3 rings (SSSR count). The number of pyridine rings is 1. The van der Waals surface area contributed by atoms with Crippen LogP contribution in [0.5, 0.6) is 17.2 Å². The van der Waals surface area contributed by atoms with Gasteiger partial charge in [-0.05, 0) is 44.2 Å². The fourth-order valence-corrected chi connectivity index (χ4v) is 2.65. The smallest absolute Gasteiger partial charge is 0.254 e. The predicted octanol–water partition coefficient (Wildman–Crippen LogP) is 2.78. The number of rotatable bonds is 7. The van der Waals surface area contributed by atoms with Crippen molar-refractivity contribution in [3.8, 4) is 17.2 Å². The first kappa shape index (κ1) is 17.1. The number of hydrogen-bond acceptors (Lipinski definition) is 5. The van der Waals surface area contributed by atoms with E-state index in [2.05, 4.69) is 4.98 Å². The monoisotopic (exact) mass is 342 g/mol. The van der Waals surface area contributed by atoms with Crippen LogP contribution in [0.1, 0.15) is 24.2 Å². The molecule has 0 saturated carbocycles. The first-order valence-corrected chi connectivity index (χ1v) is 8.46. The van der Waals surface area contributed by atoms with Crippen molar-refractivity contribution in [2.45, 2.75) is 20.0 Å². The summed E-state index contributed by atoms with van der Waals surface area (Å²) in [4.78, 5) is 18.3. The van der Waals surface area contributed by atoms with E-state index in [1.807, 2.05) is 26.0 Å². The lowest BCUT2D eigenvalue weighted by Crippen LogP contribution is -2.56. The van der Waals surface area contributed by atoms with Crippen molar-refractivity contribution in [3.05, 3.63) is 48.3 Å². The lowest BCUT2D eigenvalue weighted by molar-refractivity contribution is 0.0177. The Balaban J connectivity index is 1.61. The minimum atomic E-state index is -0.0291. The zero-order valence-electron chi connectivity index (χ0n) is 14.5. The van der Waals surface area contributed by atoms with E-state index in [1.54, 1.807) is 35.5 Å². The summed E-state index contributed by atoms with van der Waals surface area (Å²) in [5.74, 6) is 1.99. The quantitative estimate of drug-likeness (QED) is 0.774. The maximum atomic E-state index is 12.6. The lowest BCUT2D eigenvalue weighted by Gasteiger charge is -2.39. The summed E-state index contributed by atoms with van der Waals surface area (Å²) in [7, 11) is 0. The standard InChI is InChI=1S/C19H22N2O4/c1-3-23-17-6-5-14(11-18(17)24-4-2)19(22)21-12-16(13-21)25-15-7-9-20-10-8-15/h5-11,16H,3-4,12-13H2,1-2H3. The number of carbonyl (C=O) groups excluding carboxylic acids is 1. The van der Waals surface area contributed by atoms with Gasteiger partial charge in [-0.2, -0.15) is 0 Å². The third-order valence-electron chi connectivity index (χ3n) is 3.88. The summed E-state index contributed by atoms with van der Waals surface area (Å²) < 4.78 is 16.9. The molecule has 0 radical (unpaired) electrons. The number of ether oxygens (including phenoxy) is 3. The summed E-state index contributed by atoms with van der Waals surface area (Å²) in [6, 6.07) is 8.92. The van der Waals surface area contributed by atoms with E-state index in [1.165, 1.54) is 0 Å². The second-order valence-electron chi connectivity index (χ2n) is 5.66. The molecule has 0 bridgehead atoms. The molecular formula is C19H22N2O4. The van der Waals surface area contributed by atoms with Gasteiger partial charge in [0.2, 0.25) is 0 Å². The van der Waals surface area contributed by atoms with Gasteiger partial charge in [-0.15, -0.1) is 0 Å². The Bertz CT molecular complexity index is 715. The molecule has 2 heterocycles. The third kappa shape index (κ3) is 4.02. The molecule has 0 unspecified atom stereocenters. The van der Waals surface area contributed by atoms with E-state index < -0.39 is 0 Å². The van der Waals surface area contributed by atoms with Crippen LogP contribution in [0.4, 0.5) is 0 Å². The zero-order valence-corrected chi connectivity index (χ0v) is 14.5. The van der Waals surface area contributed by atoms with Gasteiger partial charge in [0, 0.05) is 18.0 Å². The fourth-order valence-electron chi connectivity index (χ4n) is 2.65. The van der Waals surface area contributed by atoms with Crippen LogP contribution in [-0.2, 0) is 0 Å². The number of hydrogen-bond donors (Lipinski definition) is 0. The molecule has 0 N–H and O–H groups in total. The summed E-state index contributed by atoms with van der Waals surface area (Å²) in [6.45, 7) is 6.02. The van der Waals surface area contributed by atoms with Crippen molar-refractivity contribution in [2.24, 2.45) is 0 Å². The van der Waals surface area contributed by atoms with Gasteiger partial charge in [0.05, 0.1) is 26.3 Å². The summed E-state index contributed by atoms with van der Waals surface area (Å²) in [6.07, 6.45) is 3.39. The van der Waals surface area contributed by atoms with E-state index in [-0.39, 0.29) is 12.0 Å². The van der Waals surface area contributed by atoms with E-state index >= 15 is 0 Å². The van der Waals surface area contributed by atoms with Gasteiger partial charge in [0.1, 0.15) is 11.9 Å². The number of nitrogens with zero attached hydrogens (tertiary/aromatic N) is 2. The molecule has 25 heavy (non-hydrogen) atoms. The van der Waals surface area contributed by atoms with Crippen molar-refractivity contribution in [2.75, 3.05) is 26.3 Å². The van der Waals surface area contributed by atoms with Gasteiger partial charge in [0.25, 0.3) is 5.91 Å². The van der Waals surface area contributed by atoms with Crippen LogP contribution in [0.2, 0.25) is 0 Å². The highest BCUT2D eigenvalue weighted by Crippen LogP contribution is 2.30. The van der Waals surface area contributed by atoms with Crippen LogP contribution >= 0.6 is 0 Å². The predicted molar refractivity (Wildman–Crippen MR) is 93.3 cm³/mol. The first-order chi connectivity index (χ1) is 12.2. The number of aromatic nitrogens is 1. The summed E-state index contributed by atoms with van der Waals surface area (Å²) in [5, 5.41) is 0. The molecule has 1 aromatic carbocycles. The Hall–Kier alpha value is -2.76. The van der Waals surface area contributed by atoms with Crippen LogP contribution in [0, 0.1) is 0 Å². The van der Waals surface area contributed by atoms with Crippen molar-refractivity contribution < 1.29 is 19.0 Å². The third-order valence-corrected chi connectivity index (χ3v) is 3.88. The summed E-state index contributed by atoms with van der Waals surface area (Å²) >= 11 is 0. The van der Waals surface area contributed by atoms with Crippen molar-refractivity contribution >= 4 is 5.91 Å². The van der Waals surface area contributed by atoms with Gasteiger partial charge >= 0.3 is 0 Å². The highest BCUT2D eigenvalue weighted by molar-refractivity contribution is 5.95. The number of benzene rings is 1. The second kappa shape index (κ2) is 7.88. The minimum Gasteiger partial charge on any atom is -0.490 e. The number of amides is 1. The van der Waals surface area contributed by atoms with Gasteiger partial charge in [-0.1, -0.05) is 0 Å². The zero-order chi connectivity index (χ0) is 17.6. The first-order valence-electron chi connectivity index (χ1n) is 8.46. The average molecular weight is 342 g/mol. The van der Waals surface area contributed by atoms with E-state index in [4.69, 9.17) is 14.2 Å². The van der Waals surface area contributed by atoms with E-state index in [0.29, 0.717) is 43.4 Å². The Morgan fingerprint density at radius 3 is 2.44 bits per heavy atom. The molecule has 0 atom stereocenters. The number of likely N-dealkylation sites (tertiary alicyclic amines) is 1. The molecular weight excluding hydrogens is 320 g/mol. The lowest BCUT2D eigenvalue weighted by atomic mass is 10.1. The van der Waals surface area contributed by atoms with Crippen LogP contribution in [-0.4, -0.2) is 48.2 Å². The number of carbonyl (C=O) groups is 1. The molecule has 1 aromatic heterocycles. The molecule has 132 valence electrons. The van der Waals surface area contributed by atoms with Crippen LogP contribution in [0.3, 0.4) is 0 Å². The molecule has 0 spiro atoms. The average Bonchev–Trinajstić information content (AvgIpc) is 2.60. The maximum Gasteiger partial charge on any atom is 0.254 e. The van der Waals surface area contributed by atoms with Gasteiger partial charge in [-0.3, -0.25) is 9.78 Å². The highest BCUT2D eigenvalue weighted by atomic mass is 16.5. The van der Waals surface area contributed by atoms with Crippen molar-refractivity contribution in [1.82, 2.24) is 9.88 Å². The van der Waals surface area contributed by atoms with Crippen molar-refractivity contribution in [1.29, 1.82) is 0 Å².